The summed E-state index contributed by atoms with van der Waals surface area (Å²) in [5.74, 6) is 0.979. The van der Waals surface area contributed by atoms with E-state index >= 15 is 0 Å². The van der Waals surface area contributed by atoms with Gasteiger partial charge >= 0.3 is 0 Å². The van der Waals surface area contributed by atoms with Crippen molar-refractivity contribution in [3.8, 4) is 0 Å². The molecule has 1 aromatic heterocycles. The molecule has 1 aliphatic carbocycles. The van der Waals surface area contributed by atoms with E-state index in [1.54, 1.807) is 0 Å². The summed E-state index contributed by atoms with van der Waals surface area (Å²) in [6.45, 7) is 2.81. The third-order valence-electron chi connectivity index (χ3n) is 2.75. The summed E-state index contributed by atoms with van der Waals surface area (Å²) >= 11 is 0. The van der Waals surface area contributed by atoms with Crippen LogP contribution in [-0.2, 0) is 6.54 Å². The summed E-state index contributed by atoms with van der Waals surface area (Å²) in [6.07, 6.45) is 6.88. The van der Waals surface area contributed by atoms with Gasteiger partial charge in [0, 0.05) is 6.04 Å². The second kappa shape index (κ2) is 3.92. The molecule has 2 rings (SSSR count). The summed E-state index contributed by atoms with van der Waals surface area (Å²) in [7, 11) is 0. The van der Waals surface area contributed by atoms with Gasteiger partial charge in [-0.15, -0.1) is 0 Å². The van der Waals surface area contributed by atoms with Crippen LogP contribution in [0.1, 0.15) is 37.1 Å². The number of nitrogens with one attached hydrogen (secondary N) is 1. The van der Waals surface area contributed by atoms with E-state index in [1.165, 1.54) is 32.1 Å². The van der Waals surface area contributed by atoms with E-state index in [2.05, 4.69) is 10.3 Å². The van der Waals surface area contributed by atoms with E-state index < -0.39 is 0 Å². The highest BCUT2D eigenvalue weighted by Gasteiger charge is 2.14. The molecule has 1 aromatic rings. The minimum absolute atomic E-state index is 0.699. The molecular formula is C10H16N2O. The Morgan fingerprint density at radius 1 is 1.54 bits per heavy atom. The van der Waals surface area contributed by atoms with E-state index in [-0.39, 0.29) is 0 Å². The smallest absolute Gasteiger partial charge is 0.181 e. The fourth-order valence-electron chi connectivity index (χ4n) is 1.86. The molecule has 1 saturated carbocycles. The number of hydrogen-bond acceptors (Lipinski definition) is 3. The van der Waals surface area contributed by atoms with Gasteiger partial charge in [-0.2, -0.15) is 0 Å². The second-order valence-electron chi connectivity index (χ2n) is 3.72. The Bertz CT molecular complexity index is 264. The highest BCUT2D eigenvalue weighted by molar-refractivity contribution is 5.03. The summed E-state index contributed by atoms with van der Waals surface area (Å²) in [5, 5.41) is 3.49. The lowest BCUT2D eigenvalue weighted by molar-refractivity contribution is 0.442. The zero-order chi connectivity index (χ0) is 9.10. The van der Waals surface area contributed by atoms with Gasteiger partial charge in [-0.05, 0) is 19.8 Å². The maximum absolute atomic E-state index is 5.25. The van der Waals surface area contributed by atoms with Crippen molar-refractivity contribution in [2.24, 2.45) is 0 Å². The third-order valence-corrected chi connectivity index (χ3v) is 2.75. The molecule has 3 heteroatoms. The predicted molar refractivity (Wildman–Crippen MR) is 50.3 cm³/mol. The molecule has 0 amide bonds. The lowest BCUT2D eigenvalue weighted by Crippen LogP contribution is -2.25. The number of nitrogens with zero attached hydrogens (tertiary/aromatic N) is 1. The predicted octanol–water partition coefficient (Wildman–Crippen LogP) is 2.02. The average Bonchev–Trinajstić information content (AvgIpc) is 2.72. The zero-order valence-electron chi connectivity index (χ0n) is 8.05. The van der Waals surface area contributed by atoms with E-state index in [4.69, 9.17) is 4.42 Å². The van der Waals surface area contributed by atoms with Crippen LogP contribution in [0, 0.1) is 6.92 Å². The van der Waals surface area contributed by atoms with Gasteiger partial charge in [0.2, 0.25) is 0 Å². The van der Waals surface area contributed by atoms with Gasteiger partial charge < -0.3 is 9.73 Å². The normalized spacial score (nSPS) is 18.2. The fourth-order valence-corrected chi connectivity index (χ4v) is 1.86. The Morgan fingerprint density at radius 3 is 2.92 bits per heavy atom. The quantitative estimate of drug-likeness (QED) is 0.773. The van der Waals surface area contributed by atoms with Crippen molar-refractivity contribution in [3.63, 3.8) is 0 Å². The molecule has 0 saturated heterocycles. The van der Waals surface area contributed by atoms with Gasteiger partial charge in [0.05, 0.1) is 12.2 Å². The molecule has 0 aliphatic heterocycles. The molecule has 0 spiro atoms. The standard InChI is InChI=1S/C10H16N2O/c1-8-10(13-7-12-8)6-11-9-4-2-3-5-9/h7,9,11H,2-6H2,1H3. The SMILES string of the molecule is Cc1ncoc1CNC1CCCC1. The topological polar surface area (TPSA) is 38.1 Å². The summed E-state index contributed by atoms with van der Waals surface area (Å²) in [6, 6.07) is 0.699. The van der Waals surface area contributed by atoms with Crippen molar-refractivity contribution in [1.29, 1.82) is 0 Å². The van der Waals surface area contributed by atoms with Crippen molar-refractivity contribution in [2.45, 2.75) is 45.2 Å². The van der Waals surface area contributed by atoms with E-state index in [0.29, 0.717) is 6.04 Å². The highest BCUT2D eigenvalue weighted by atomic mass is 16.3. The summed E-state index contributed by atoms with van der Waals surface area (Å²) in [5.41, 5.74) is 1.01. The first-order chi connectivity index (χ1) is 6.36. The maximum Gasteiger partial charge on any atom is 0.181 e. The first-order valence-corrected chi connectivity index (χ1v) is 4.98. The monoisotopic (exact) mass is 180 g/mol. The number of aryl methyl sites for hydroxylation is 1. The Hall–Kier alpha value is -0.830. The highest BCUT2D eigenvalue weighted by Crippen LogP contribution is 2.18. The lowest BCUT2D eigenvalue weighted by Gasteiger charge is -2.09. The minimum Gasteiger partial charge on any atom is -0.447 e. The fraction of sp³-hybridized carbons (Fsp3) is 0.700. The molecular weight excluding hydrogens is 164 g/mol. The van der Waals surface area contributed by atoms with Crippen LogP contribution in [0.3, 0.4) is 0 Å². The van der Waals surface area contributed by atoms with Gasteiger partial charge in [0.15, 0.2) is 6.39 Å². The molecule has 1 aliphatic rings. The lowest BCUT2D eigenvalue weighted by atomic mass is 10.2. The number of aromatic nitrogens is 1. The molecule has 0 atom stereocenters. The molecule has 72 valence electrons. The van der Waals surface area contributed by atoms with Gasteiger partial charge in [0.25, 0.3) is 0 Å². The molecule has 0 bridgehead atoms. The molecule has 1 N–H and O–H groups in total. The first kappa shape index (κ1) is 8.75. The van der Waals surface area contributed by atoms with Gasteiger partial charge in [-0.25, -0.2) is 4.98 Å². The molecule has 1 heterocycles. The third kappa shape index (κ3) is 2.10. The number of hydrogen-bond donors (Lipinski definition) is 1. The molecule has 13 heavy (non-hydrogen) atoms. The number of oxazole rings is 1. The first-order valence-electron chi connectivity index (χ1n) is 4.98. The molecule has 1 fully saturated rings. The number of rotatable bonds is 3. The van der Waals surface area contributed by atoms with Crippen molar-refractivity contribution >= 4 is 0 Å². The Morgan fingerprint density at radius 2 is 2.31 bits per heavy atom. The van der Waals surface area contributed by atoms with Crippen LogP contribution in [0.25, 0.3) is 0 Å². The Balaban J connectivity index is 1.82. The molecule has 0 aromatic carbocycles. The Labute approximate surface area is 78.5 Å². The van der Waals surface area contributed by atoms with Crippen LogP contribution in [0.4, 0.5) is 0 Å². The summed E-state index contributed by atoms with van der Waals surface area (Å²) in [4.78, 5) is 4.06. The zero-order valence-corrected chi connectivity index (χ0v) is 8.05. The Kier molecular flexibility index (Phi) is 2.64. The minimum atomic E-state index is 0.699. The molecule has 3 nitrogen and oxygen atoms in total. The maximum atomic E-state index is 5.25. The van der Waals surface area contributed by atoms with Gasteiger partial charge in [-0.1, -0.05) is 12.8 Å². The van der Waals surface area contributed by atoms with Crippen LogP contribution in [0.5, 0.6) is 0 Å². The average molecular weight is 180 g/mol. The van der Waals surface area contributed by atoms with E-state index in [0.717, 1.165) is 18.0 Å². The molecule has 0 radical (unpaired) electrons. The van der Waals surface area contributed by atoms with Crippen LogP contribution in [0.15, 0.2) is 10.8 Å². The van der Waals surface area contributed by atoms with Crippen molar-refractivity contribution in [1.82, 2.24) is 10.3 Å². The van der Waals surface area contributed by atoms with Crippen LogP contribution < -0.4 is 5.32 Å². The van der Waals surface area contributed by atoms with Gasteiger partial charge in [-0.3, -0.25) is 0 Å². The van der Waals surface area contributed by atoms with Crippen LogP contribution in [-0.4, -0.2) is 11.0 Å². The summed E-state index contributed by atoms with van der Waals surface area (Å²) < 4.78 is 5.25. The second-order valence-corrected chi connectivity index (χ2v) is 3.72. The van der Waals surface area contributed by atoms with Crippen molar-refractivity contribution in [2.75, 3.05) is 0 Å². The van der Waals surface area contributed by atoms with E-state index in [9.17, 15) is 0 Å². The largest absolute Gasteiger partial charge is 0.447 e. The van der Waals surface area contributed by atoms with Crippen LogP contribution in [0.2, 0.25) is 0 Å². The molecule has 0 unspecified atom stereocenters. The van der Waals surface area contributed by atoms with Crippen LogP contribution >= 0.6 is 0 Å². The van der Waals surface area contributed by atoms with E-state index in [1.807, 2.05) is 6.92 Å². The van der Waals surface area contributed by atoms with Gasteiger partial charge in [0.1, 0.15) is 5.76 Å². The van der Waals surface area contributed by atoms with Crippen molar-refractivity contribution in [3.05, 3.63) is 17.8 Å². The van der Waals surface area contributed by atoms with Crippen molar-refractivity contribution < 1.29 is 4.42 Å².